The molecule has 5 nitrogen and oxygen atoms in total. The zero-order chi connectivity index (χ0) is 15.3. The molecule has 1 aromatic carbocycles. The van der Waals surface area contributed by atoms with Crippen molar-refractivity contribution in [2.75, 3.05) is 5.32 Å². The predicted octanol–water partition coefficient (Wildman–Crippen LogP) is 2.04. The van der Waals surface area contributed by atoms with Gasteiger partial charge in [0.25, 0.3) is 0 Å². The molecule has 2 N–H and O–H groups in total. The molecule has 0 bridgehead atoms. The van der Waals surface area contributed by atoms with Crippen molar-refractivity contribution >= 4 is 21.6 Å². The lowest BCUT2D eigenvalue weighted by Crippen LogP contribution is -2.28. The molecule has 2 aliphatic carbocycles. The molecular weight excluding hydrogens is 300 g/mol. The van der Waals surface area contributed by atoms with Gasteiger partial charge in [0.05, 0.1) is 4.90 Å². The summed E-state index contributed by atoms with van der Waals surface area (Å²) in [7, 11) is -3.46. The summed E-state index contributed by atoms with van der Waals surface area (Å²) in [6.07, 6.45) is 5.74. The van der Waals surface area contributed by atoms with Crippen LogP contribution in [0, 0.1) is 11.8 Å². The Labute approximate surface area is 130 Å². The van der Waals surface area contributed by atoms with Crippen molar-refractivity contribution < 1.29 is 13.2 Å². The van der Waals surface area contributed by atoms with E-state index in [0.29, 0.717) is 29.6 Å². The molecule has 4 rings (SSSR count). The second kappa shape index (κ2) is 5.06. The van der Waals surface area contributed by atoms with Gasteiger partial charge in [-0.15, -0.1) is 0 Å². The average Bonchev–Trinajstić information content (AvgIpc) is 3.19. The minimum Gasteiger partial charge on any atom is -0.326 e. The third kappa shape index (κ3) is 2.44. The number of hydrogen-bond acceptors (Lipinski definition) is 3. The monoisotopic (exact) mass is 320 g/mol. The fourth-order valence-electron chi connectivity index (χ4n) is 3.94. The molecule has 3 aliphatic rings. The van der Waals surface area contributed by atoms with Crippen LogP contribution >= 0.6 is 0 Å². The molecule has 1 aliphatic heterocycles. The van der Waals surface area contributed by atoms with E-state index < -0.39 is 10.0 Å². The van der Waals surface area contributed by atoms with E-state index >= 15 is 0 Å². The Hall–Kier alpha value is -1.40. The largest absolute Gasteiger partial charge is 0.326 e. The van der Waals surface area contributed by atoms with Gasteiger partial charge in [-0.05, 0) is 54.9 Å². The summed E-state index contributed by atoms with van der Waals surface area (Å²) in [4.78, 5) is 11.7. The van der Waals surface area contributed by atoms with Crippen LogP contribution in [0.15, 0.2) is 23.1 Å². The lowest BCUT2D eigenvalue weighted by molar-refractivity contribution is -0.116. The summed E-state index contributed by atoms with van der Waals surface area (Å²) in [5.74, 6) is 1.07. The third-order valence-corrected chi connectivity index (χ3v) is 6.69. The second-order valence-electron chi connectivity index (χ2n) is 6.63. The van der Waals surface area contributed by atoms with E-state index in [0.717, 1.165) is 24.1 Å². The first kappa shape index (κ1) is 14.2. The van der Waals surface area contributed by atoms with Crippen LogP contribution in [0.2, 0.25) is 0 Å². The summed E-state index contributed by atoms with van der Waals surface area (Å²) >= 11 is 0. The number of anilines is 1. The Balaban J connectivity index is 1.54. The van der Waals surface area contributed by atoms with Crippen LogP contribution in [-0.4, -0.2) is 20.4 Å². The number of fused-ring (bicyclic) bond motifs is 2. The number of amides is 1. The fraction of sp³-hybridized carbons (Fsp3) is 0.562. The van der Waals surface area contributed by atoms with E-state index in [9.17, 15) is 13.2 Å². The summed E-state index contributed by atoms with van der Waals surface area (Å²) in [6, 6.07) is 5.10. The highest BCUT2D eigenvalue weighted by Crippen LogP contribution is 2.50. The van der Waals surface area contributed by atoms with Gasteiger partial charge in [0.1, 0.15) is 0 Å². The highest BCUT2D eigenvalue weighted by Gasteiger charge is 2.52. The van der Waals surface area contributed by atoms with Crippen LogP contribution < -0.4 is 10.0 Å². The molecule has 1 heterocycles. The van der Waals surface area contributed by atoms with Crippen LogP contribution in [0.5, 0.6) is 0 Å². The Morgan fingerprint density at radius 1 is 1.09 bits per heavy atom. The first-order chi connectivity index (χ1) is 10.5. The number of carbonyl (C=O) groups is 1. The number of sulfonamides is 1. The van der Waals surface area contributed by atoms with Gasteiger partial charge in [-0.25, -0.2) is 13.1 Å². The van der Waals surface area contributed by atoms with Gasteiger partial charge >= 0.3 is 0 Å². The number of carbonyl (C=O) groups excluding carboxylic acids is 1. The molecular formula is C16H20N2O3S. The van der Waals surface area contributed by atoms with Crippen molar-refractivity contribution in [2.45, 2.75) is 49.5 Å². The number of benzene rings is 1. The molecule has 1 aromatic rings. The molecule has 6 heteroatoms. The normalized spacial score (nSPS) is 30.2. The first-order valence-corrected chi connectivity index (χ1v) is 9.48. The van der Waals surface area contributed by atoms with Crippen molar-refractivity contribution in [1.82, 2.24) is 4.72 Å². The number of aryl methyl sites for hydroxylation is 1. The van der Waals surface area contributed by atoms with Crippen molar-refractivity contribution in [2.24, 2.45) is 11.8 Å². The maximum absolute atomic E-state index is 12.6. The van der Waals surface area contributed by atoms with E-state index in [1.807, 2.05) is 0 Å². The fourth-order valence-corrected chi connectivity index (χ4v) is 5.33. The van der Waals surface area contributed by atoms with Gasteiger partial charge in [0.15, 0.2) is 0 Å². The molecule has 0 spiro atoms. The summed E-state index contributed by atoms with van der Waals surface area (Å²) in [6.45, 7) is 0. The Morgan fingerprint density at radius 2 is 1.82 bits per heavy atom. The highest BCUT2D eigenvalue weighted by atomic mass is 32.2. The molecule has 0 saturated heterocycles. The minimum absolute atomic E-state index is 0.0108. The number of nitrogens with one attached hydrogen (secondary N) is 2. The van der Waals surface area contributed by atoms with Gasteiger partial charge in [0, 0.05) is 18.2 Å². The van der Waals surface area contributed by atoms with E-state index in [4.69, 9.17) is 0 Å². The lowest BCUT2D eigenvalue weighted by Gasteiger charge is -2.17. The molecule has 118 valence electrons. The zero-order valence-electron chi connectivity index (χ0n) is 12.3. The lowest BCUT2D eigenvalue weighted by atomic mass is 10.0. The Morgan fingerprint density at radius 3 is 2.55 bits per heavy atom. The molecule has 1 amide bonds. The predicted molar refractivity (Wildman–Crippen MR) is 83.0 cm³/mol. The van der Waals surface area contributed by atoms with Crippen LogP contribution in [0.1, 0.15) is 37.7 Å². The standard InChI is InChI=1S/C16H20N2O3S/c19-15-8-5-10-9-11(6-7-14(10)17-15)22(20,21)18-16-12-3-1-2-4-13(12)16/h6-7,9,12-13,16,18H,1-5,8H2,(H,17,19)/t12-,13-/m1/s1. The molecule has 2 saturated carbocycles. The van der Waals surface area contributed by atoms with E-state index in [-0.39, 0.29) is 11.9 Å². The molecule has 22 heavy (non-hydrogen) atoms. The maximum atomic E-state index is 12.6. The highest BCUT2D eigenvalue weighted by molar-refractivity contribution is 7.89. The minimum atomic E-state index is -3.46. The van der Waals surface area contributed by atoms with Crippen LogP contribution in [0.25, 0.3) is 0 Å². The second-order valence-corrected chi connectivity index (χ2v) is 8.34. The SMILES string of the molecule is O=C1CCc2cc(S(=O)(=O)NC3[C@@H]4CCCC[C@@H]34)ccc2N1. The average molecular weight is 320 g/mol. The van der Waals surface area contributed by atoms with Crippen molar-refractivity contribution in [1.29, 1.82) is 0 Å². The van der Waals surface area contributed by atoms with Gasteiger partial charge in [-0.2, -0.15) is 0 Å². The summed E-state index contributed by atoms with van der Waals surface area (Å²) in [5, 5.41) is 2.78. The zero-order valence-corrected chi connectivity index (χ0v) is 13.2. The van der Waals surface area contributed by atoms with Gasteiger partial charge in [-0.1, -0.05) is 12.8 Å². The summed E-state index contributed by atoms with van der Waals surface area (Å²) in [5.41, 5.74) is 1.63. The maximum Gasteiger partial charge on any atom is 0.240 e. The van der Waals surface area contributed by atoms with Gasteiger partial charge in [-0.3, -0.25) is 4.79 Å². The van der Waals surface area contributed by atoms with E-state index in [2.05, 4.69) is 10.0 Å². The third-order valence-electron chi connectivity index (χ3n) is 5.23. The molecule has 0 radical (unpaired) electrons. The van der Waals surface area contributed by atoms with Crippen molar-refractivity contribution in [3.05, 3.63) is 23.8 Å². The quantitative estimate of drug-likeness (QED) is 0.895. The molecule has 2 atom stereocenters. The van der Waals surface area contributed by atoms with Crippen LogP contribution in [0.3, 0.4) is 0 Å². The Kier molecular flexibility index (Phi) is 3.27. The van der Waals surface area contributed by atoms with E-state index in [1.54, 1.807) is 18.2 Å². The van der Waals surface area contributed by atoms with Crippen molar-refractivity contribution in [3.8, 4) is 0 Å². The topological polar surface area (TPSA) is 75.3 Å². The molecule has 0 unspecified atom stereocenters. The molecule has 0 aromatic heterocycles. The van der Waals surface area contributed by atoms with Gasteiger partial charge < -0.3 is 5.32 Å². The molecule has 2 fully saturated rings. The van der Waals surface area contributed by atoms with E-state index in [1.165, 1.54) is 12.8 Å². The smallest absolute Gasteiger partial charge is 0.240 e. The number of rotatable bonds is 3. The first-order valence-electron chi connectivity index (χ1n) is 8.00. The number of hydrogen-bond donors (Lipinski definition) is 2. The van der Waals surface area contributed by atoms with Crippen molar-refractivity contribution in [3.63, 3.8) is 0 Å². The Bertz CT molecular complexity index is 717. The van der Waals surface area contributed by atoms with Gasteiger partial charge in [0.2, 0.25) is 15.9 Å². The summed E-state index contributed by atoms with van der Waals surface area (Å²) < 4.78 is 28.0. The van der Waals surface area contributed by atoms with Crippen LogP contribution in [0.4, 0.5) is 5.69 Å². The van der Waals surface area contributed by atoms with Crippen LogP contribution in [-0.2, 0) is 21.2 Å².